The molecule has 0 bridgehead atoms. The van der Waals surface area contributed by atoms with E-state index in [1.165, 1.54) is 29.2 Å². The van der Waals surface area contributed by atoms with Crippen molar-refractivity contribution in [2.45, 2.75) is 64.2 Å². The first-order valence-corrected chi connectivity index (χ1v) is 13.7. The molecule has 9 nitrogen and oxygen atoms in total. The number of hydrogen-bond donors (Lipinski definition) is 1. The number of hydrogen-bond acceptors (Lipinski definition) is 6. The number of aryl methyl sites for hydroxylation is 1. The smallest absolute Gasteiger partial charge is 0.250 e. The lowest BCUT2D eigenvalue weighted by atomic mass is 9.95. The lowest BCUT2D eigenvalue weighted by Crippen LogP contribution is -2.47. The van der Waals surface area contributed by atoms with E-state index >= 15 is 0 Å². The van der Waals surface area contributed by atoms with Gasteiger partial charge in [-0.25, -0.2) is 4.39 Å². The summed E-state index contributed by atoms with van der Waals surface area (Å²) in [6.45, 7) is 1.56. The van der Waals surface area contributed by atoms with E-state index in [0.717, 1.165) is 36.9 Å². The molecule has 2 aromatic heterocycles. The predicted molar refractivity (Wildman–Crippen MR) is 146 cm³/mol. The summed E-state index contributed by atoms with van der Waals surface area (Å²) in [6.07, 6.45) is 5.03. The zero-order chi connectivity index (χ0) is 28.1. The zero-order valence-corrected chi connectivity index (χ0v) is 22.9. The van der Waals surface area contributed by atoms with Gasteiger partial charge >= 0.3 is 0 Å². The fourth-order valence-electron chi connectivity index (χ4n) is 4.92. The molecular weight excluding hydrogens is 535 g/mol. The van der Waals surface area contributed by atoms with Gasteiger partial charge in [0.25, 0.3) is 5.91 Å². The van der Waals surface area contributed by atoms with Crippen molar-refractivity contribution in [3.8, 4) is 11.4 Å². The molecule has 2 aromatic carbocycles. The van der Waals surface area contributed by atoms with Gasteiger partial charge in [-0.15, -0.1) is 10.2 Å². The van der Waals surface area contributed by atoms with Crippen molar-refractivity contribution in [2.24, 2.45) is 0 Å². The Balaban J connectivity index is 1.46. The van der Waals surface area contributed by atoms with Crippen LogP contribution in [0.1, 0.15) is 55.2 Å². The van der Waals surface area contributed by atoms with E-state index in [1.807, 2.05) is 12.1 Å². The molecule has 1 unspecified atom stereocenters. The summed E-state index contributed by atoms with van der Waals surface area (Å²) in [7, 11) is 0. The van der Waals surface area contributed by atoms with Gasteiger partial charge in [0.1, 0.15) is 23.9 Å². The van der Waals surface area contributed by atoms with Crippen LogP contribution in [0.25, 0.3) is 11.4 Å². The largest absolute Gasteiger partial charge is 0.464 e. The maximum absolute atomic E-state index is 13.9. The molecule has 1 fully saturated rings. The van der Waals surface area contributed by atoms with E-state index in [1.54, 1.807) is 31.2 Å². The van der Waals surface area contributed by atoms with E-state index in [4.69, 9.17) is 16.0 Å². The minimum absolute atomic E-state index is 0.0346. The first-order chi connectivity index (χ1) is 19.4. The van der Waals surface area contributed by atoms with Gasteiger partial charge in [0.15, 0.2) is 6.04 Å². The summed E-state index contributed by atoms with van der Waals surface area (Å²) in [5.74, 6) is 0.0919. The van der Waals surface area contributed by atoms with E-state index < -0.39 is 11.9 Å². The Morgan fingerprint density at radius 3 is 2.55 bits per heavy atom. The number of nitrogens with one attached hydrogen (secondary N) is 1. The summed E-state index contributed by atoms with van der Waals surface area (Å²) in [6, 6.07) is 15.3. The van der Waals surface area contributed by atoms with Gasteiger partial charge in [0.05, 0.1) is 0 Å². The Bertz CT molecular complexity index is 1460. The third kappa shape index (κ3) is 6.56. The van der Waals surface area contributed by atoms with E-state index in [9.17, 15) is 14.0 Å². The molecule has 2 amide bonds. The monoisotopic (exact) mass is 564 g/mol. The summed E-state index contributed by atoms with van der Waals surface area (Å²) in [5.41, 5.74) is 1.23. The number of halogens is 2. The Morgan fingerprint density at radius 2 is 1.85 bits per heavy atom. The number of carbonyl (C=O) groups is 2. The lowest BCUT2D eigenvalue weighted by molar-refractivity contribution is -0.143. The van der Waals surface area contributed by atoms with Crippen molar-refractivity contribution < 1.29 is 18.4 Å². The lowest BCUT2D eigenvalue weighted by Gasteiger charge is -2.32. The molecule has 0 radical (unpaired) electrons. The van der Waals surface area contributed by atoms with Crippen LogP contribution < -0.4 is 5.32 Å². The number of amides is 2. The Morgan fingerprint density at radius 1 is 1.10 bits per heavy atom. The van der Waals surface area contributed by atoms with Gasteiger partial charge in [0.2, 0.25) is 11.7 Å². The average Bonchev–Trinajstić information content (AvgIpc) is 3.59. The van der Waals surface area contributed by atoms with Crippen LogP contribution in [0.4, 0.5) is 4.39 Å². The second kappa shape index (κ2) is 12.4. The van der Waals surface area contributed by atoms with Crippen LogP contribution in [0.15, 0.2) is 65.1 Å². The van der Waals surface area contributed by atoms with Gasteiger partial charge in [-0.05, 0) is 73.0 Å². The highest BCUT2D eigenvalue weighted by molar-refractivity contribution is 6.31. The molecule has 1 aliphatic rings. The maximum Gasteiger partial charge on any atom is 0.250 e. The predicted octanol–water partition coefficient (Wildman–Crippen LogP) is 5.25. The standard InChI is InChI=1S/C29H30ClFN6O3/c1-19-11-16-25(40-19)27(29(39)32-23-8-3-2-4-9-23)36(17-21-7-5-6-10-24(21)30)26(38)18-37-34-28(33-35-37)20-12-14-22(31)15-13-20/h5-7,10-16,23,27H,2-4,8-9,17-18H2,1H3,(H,32,39). The average molecular weight is 565 g/mol. The molecule has 11 heteroatoms. The highest BCUT2D eigenvalue weighted by atomic mass is 35.5. The second-order valence-electron chi connectivity index (χ2n) is 9.96. The summed E-state index contributed by atoms with van der Waals surface area (Å²) < 4.78 is 19.3. The van der Waals surface area contributed by atoms with E-state index in [2.05, 4.69) is 20.7 Å². The van der Waals surface area contributed by atoms with Crippen LogP contribution >= 0.6 is 11.6 Å². The molecule has 4 aromatic rings. The molecule has 5 rings (SSSR count). The highest BCUT2D eigenvalue weighted by Gasteiger charge is 2.36. The van der Waals surface area contributed by atoms with Gasteiger partial charge in [-0.2, -0.15) is 4.80 Å². The Kier molecular flexibility index (Phi) is 8.54. The van der Waals surface area contributed by atoms with Gasteiger partial charge in [-0.3, -0.25) is 9.59 Å². The van der Waals surface area contributed by atoms with Crippen molar-refractivity contribution in [3.63, 3.8) is 0 Å². The number of aromatic nitrogens is 4. The molecule has 1 aliphatic carbocycles. The zero-order valence-electron chi connectivity index (χ0n) is 22.1. The van der Waals surface area contributed by atoms with Gasteiger partial charge in [-0.1, -0.05) is 49.1 Å². The molecule has 40 heavy (non-hydrogen) atoms. The number of rotatable bonds is 9. The summed E-state index contributed by atoms with van der Waals surface area (Å²) in [4.78, 5) is 30.4. The van der Waals surface area contributed by atoms with Gasteiger partial charge < -0.3 is 14.6 Å². The maximum atomic E-state index is 13.9. The van der Waals surface area contributed by atoms with Crippen LogP contribution in [0.5, 0.6) is 0 Å². The number of nitrogens with zero attached hydrogens (tertiary/aromatic N) is 5. The molecule has 0 spiro atoms. The third-order valence-electron chi connectivity index (χ3n) is 6.99. The molecular formula is C29H30ClFN6O3. The normalized spacial score (nSPS) is 14.6. The van der Waals surface area contributed by atoms with E-state index in [-0.39, 0.29) is 36.7 Å². The van der Waals surface area contributed by atoms with Crippen LogP contribution in [-0.2, 0) is 22.7 Å². The highest BCUT2D eigenvalue weighted by Crippen LogP contribution is 2.29. The van der Waals surface area contributed by atoms with Crippen molar-refractivity contribution in [2.75, 3.05) is 0 Å². The van der Waals surface area contributed by atoms with Crippen LogP contribution in [-0.4, -0.2) is 43.0 Å². The van der Waals surface area contributed by atoms with Crippen molar-refractivity contribution in [1.29, 1.82) is 0 Å². The number of tetrazole rings is 1. The van der Waals surface area contributed by atoms with Gasteiger partial charge in [0, 0.05) is 23.2 Å². The Hall–Kier alpha value is -4.05. The summed E-state index contributed by atoms with van der Waals surface area (Å²) >= 11 is 6.48. The molecule has 1 N–H and O–H groups in total. The van der Waals surface area contributed by atoms with Crippen LogP contribution in [0.3, 0.4) is 0 Å². The molecule has 0 aliphatic heterocycles. The minimum Gasteiger partial charge on any atom is -0.464 e. The molecule has 0 saturated heterocycles. The van der Waals surface area contributed by atoms with Crippen LogP contribution in [0, 0.1) is 12.7 Å². The Labute approximate surface area is 236 Å². The molecule has 1 saturated carbocycles. The molecule has 208 valence electrons. The number of furan rings is 1. The van der Waals surface area contributed by atoms with Crippen molar-refractivity contribution >= 4 is 23.4 Å². The molecule has 2 heterocycles. The van der Waals surface area contributed by atoms with E-state index in [0.29, 0.717) is 27.7 Å². The van der Waals surface area contributed by atoms with Crippen LogP contribution in [0.2, 0.25) is 5.02 Å². The number of carbonyl (C=O) groups excluding carboxylic acids is 2. The topological polar surface area (TPSA) is 106 Å². The first kappa shape index (κ1) is 27.5. The van der Waals surface area contributed by atoms with Crippen molar-refractivity contribution in [1.82, 2.24) is 30.4 Å². The SMILES string of the molecule is Cc1ccc(C(C(=O)NC2CCCCC2)N(Cc2ccccc2Cl)C(=O)Cn2nnc(-c3ccc(F)cc3)n2)o1. The third-order valence-corrected chi connectivity index (χ3v) is 7.36. The number of benzene rings is 2. The second-order valence-corrected chi connectivity index (χ2v) is 10.4. The fraction of sp³-hybridized carbons (Fsp3) is 0.345. The quantitative estimate of drug-likeness (QED) is 0.297. The van der Waals surface area contributed by atoms with Crippen molar-refractivity contribution in [3.05, 3.63) is 88.6 Å². The first-order valence-electron chi connectivity index (χ1n) is 13.3. The summed E-state index contributed by atoms with van der Waals surface area (Å²) in [5, 5.41) is 16.0. The molecule has 1 atom stereocenters. The minimum atomic E-state index is -1.04. The fourth-order valence-corrected chi connectivity index (χ4v) is 5.12.